The number of esters is 1. The van der Waals surface area contributed by atoms with E-state index in [-0.39, 0.29) is 16.6 Å². The third-order valence-electron chi connectivity index (χ3n) is 6.93. The second-order valence-corrected chi connectivity index (χ2v) is 11.8. The van der Waals surface area contributed by atoms with E-state index in [0.29, 0.717) is 28.0 Å². The zero-order chi connectivity index (χ0) is 27.1. The molecule has 3 aromatic heterocycles. The van der Waals surface area contributed by atoms with Crippen LogP contribution < -0.4 is 10.4 Å². The van der Waals surface area contributed by atoms with Crippen LogP contribution in [-0.4, -0.2) is 25.1 Å². The molecule has 38 heavy (non-hydrogen) atoms. The molecule has 0 bridgehead atoms. The zero-order valence-electron chi connectivity index (χ0n) is 22.2. The second-order valence-electron chi connectivity index (χ2n) is 11.8. The molecule has 8 heteroatoms. The Hall–Kier alpha value is -4.46. The minimum Gasteiger partial charge on any atom is -0.505 e. The van der Waals surface area contributed by atoms with E-state index in [1.165, 1.54) is 6.07 Å². The van der Waals surface area contributed by atoms with Crippen LogP contribution in [0.2, 0.25) is 0 Å². The van der Waals surface area contributed by atoms with E-state index in [1.807, 2.05) is 26.2 Å². The monoisotopic (exact) mass is 511 g/mol. The Morgan fingerprint density at radius 3 is 2.29 bits per heavy atom. The van der Waals surface area contributed by atoms with Gasteiger partial charge in [0.25, 0.3) is 0 Å². The number of benzene rings is 3. The van der Waals surface area contributed by atoms with Gasteiger partial charge in [-0.2, -0.15) is 0 Å². The van der Waals surface area contributed by atoms with Gasteiger partial charge in [0.1, 0.15) is 33.8 Å². The van der Waals surface area contributed by atoms with E-state index in [0.717, 1.165) is 22.2 Å². The lowest BCUT2D eigenvalue weighted by atomic mass is 9.80. The molecule has 0 saturated carbocycles. The average molecular weight is 512 g/mol. The largest absolute Gasteiger partial charge is 0.505 e. The van der Waals surface area contributed by atoms with Gasteiger partial charge < -0.3 is 14.3 Å². The summed E-state index contributed by atoms with van der Waals surface area (Å²) < 4.78 is 14.6. The van der Waals surface area contributed by atoms with Gasteiger partial charge in [0.15, 0.2) is 0 Å². The normalized spacial score (nSPS) is 12.8. The number of ether oxygens (including phenoxy) is 1. The molecule has 0 fully saturated rings. The lowest BCUT2D eigenvalue weighted by Gasteiger charge is -2.26. The van der Waals surface area contributed by atoms with Crippen LogP contribution in [0.3, 0.4) is 0 Å². The number of hydrogen-bond donors (Lipinski definition) is 1. The summed E-state index contributed by atoms with van der Waals surface area (Å²) in [6, 6.07) is 17.3. The van der Waals surface area contributed by atoms with Crippen molar-refractivity contribution < 1.29 is 19.1 Å². The average Bonchev–Trinajstić information content (AvgIpc) is 3.49. The van der Waals surface area contributed by atoms with Gasteiger partial charge in [0.2, 0.25) is 0 Å². The van der Waals surface area contributed by atoms with Crippen molar-refractivity contribution in [1.29, 1.82) is 0 Å². The SMILES string of the molecule is CC(C)(C)c1cc(-n2n3c4ccc(C(=O)Oc5ccc6oc(=O)ccc6c5)cc4n23)c(O)c(C(C)(C)C)c1. The molecule has 1 N–H and O–H groups in total. The molecule has 194 valence electrons. The van der Waals surface area contributed by atoms with Crippen LogP contribution in [0, 0.1) is 0 Å². The maximum Gasteiger partial charge on any atom is 0.343 e. The number of rotatable bonds is 3. The van der Waals surface area contributed by atoms with Gasteiger partial charge >= 0.3 is 11.6 Å². The maximum absolute atomic E-state index is 12.9. The number of aromatic nitrogens is 3. The highest BCUT2D eigenvalue weighted by Gasteiger charge is 2.31. The standard InChI is InChI=1S/C30H29N3O5/c1-29(2,3)19-15-21(30(4,5)6)27(35)24(16-19)33-31-22-10-7-18(14-23(22)32(31)33)28(36)37-20-9-11-25-17(13-20)8-12-26(34)38-25/h7-16,35H,1-6H3. The van der Waals surface area contributed by atoms with Crippen LogP contribution in [0.4, 0.5) is 0 Å². The topological polar surface area (TPSA) is 90.5 Å². The molecule has 0 saturated heterocycles. The van der Waals surface area contributed by atoms with E-state index in [2.05, 4.69) is 47.6 Å². The molecule has 3 heterocycles. The highest BCUT2D eigenvalue weighted by Crippen LogP contribution is 2.41. The van der Waals surface area contributed by atoms with Crippen molar-refractivity contribution >= 4 is 28.0 Å². The van der Waals surface area contributed by atoms with E-state index in [9.17, 15) is 14.7 Å². The number of fused-ring (bicyclic) bond motifs is 5. The van der Waals surface area contributed by atoms with E-state index in [4.69, 9.17) is 9.15 Å². The molecule has 0 unspecified atom stereocenters. The number of aromatic hydroxyl groups is 1. The first-order chi connectivity index (χ1) is 17.8. The summed E-state index contributed by atoms with van der Waals surface area (Å²) in [6.07, 6.45) is 0. The van der Waals surface area contributed by atoms with Gasteiger partial charge in [0.05, 0.1) is 5.56 Å². The molecule has 0 atom stereocenters. The highest BCUT2D eigenvalue weighted by atomic mass is 16.5. The molecule has 0 spiro atoms. The Bertz CT molecular complexity index is 1920. The van der Waals surface area contributed by atoms with E-state index >= 15 is 0 Å². The van der Waals surface area contributed by atoms with E-state index in [1.54, 1.807) is 36.4 Å². The van der Waals surface area contributed by atoms with Crippen molar-refractivity contribution in [3.8, 4) is 17.2 Å². The number of phenolic OH excluding ortho intramolecular Hbond substituents is 1. The van der Waals surface area contributed by atoms with Crippen molar-refractivity contribution in [2.24, 2.45) is 0 Å². The van der Waals surface area contributed by atoms with Gasteiger partial charge in [0, 0.05) is 17.0 Å². The molecular formula is C30H29N3O5. The zero-order valence-corrected chi connectivity index (χ0v) is 22.2. The Labute approximate surface area is 218 Å². The van der Waals surface area contributed by atoms with Gasteiger partial charge in [-0.05, 0) is 64.9 Å². The minimum absolute atomic E-state index is 0.0971. The second kappa shape index (κ2) is 7.77. The molecule has 0 aliphatic carbocycles. The van der Waals surface area contributed by atoms with Crippen LogP contribution in [0.25, 0.3) is 27.7 Å². The smallest absolute Gasteiger partial charge is 0.343 e. The summed E-state index contributed by atoms with van der Waals surface area (Å²) in [5, 5.41) is 11.9. The number of nitrogens with zero attached hydrogens (tertiary/aromatic N) is 3. The number of carbonyl (C=O) groups excluding carboxylic acids is 1. The first-order valence-electron chi connectivity index (χ1n) is 12.5. The van der Waals surface area contributed by atoms with E-state index < -0.39 is 11.6 Å². The lowest BCUT2D eigenvalue weighted by molar-refractivity contribution is 0.0735. The molecular weight excluding hydrogens is 482 g/mol. The molecule has 6 aromatic rings. The molecule has 8 nitrogen and oxygen atoms in total. The van der Waals surface area contributed by atoms with Crippen molar-refractivity contribution in [3.63, 3.8) is 0 Å². The lowest BCUT2D eigenvalue weighted by Crippen LogP contribution is -2.17. The van der Waals surface area contributed by atoms with Gasteiger partial charge in [-0.15, -0.1) is 14.1 Å². The third-order valence-corrected chi connectivity index (χ3v) is 6.93. The van der Waals surface area contributed by atoms with Crippen LogP contribution in [0.5, 0.6) is 11.5 Å². The summed E-state index contributed by atoms with van der Waals surface area (Å²) in [7, 11) is 0. The molecule has 3 aromatic carbocycles. The van der Waals surface area contributed by atoms with Crippen molar-refractivity contribution in [2.75, 3.05) is 0 Å². The molecule has 0 amide bonds. The van der Waals surface area contributed by atoms with Gasteiger partial charge in [-0.3, -0.25) is 0 Å². The Morgan fingerprint density at radius 2 is 1.58 bits per heavy atom. The van der Waals surface area contributed by atoms with Crippen LogP contribution in [-0.2, 0) is 10.8 Å². The molecule has 0 aliphatic rings. The minimum atomic E-state index is -0.496. The van der Waals surface area contributed by atoms with Crippen molar-refractivity contribution in [3.05, 3.63) is 87.8 Å². The van der Waals surface area contributed by atoms with Gasteiger partial charge in [-0.25, -0.2) is 9.59 Å². The number of hydrogen-bond acceptors (Lipinski definition) is 5. The maximum atomic E-state index is 12.9. The molecule has 0 radical (unpaired) electrons. The Kier molecular flexibility index (Phi) is 4.89. The molecule has 0 aliphatic heterocycles. The number of carbonyl (C=O) groups is 1. The fraction of sp³-hybridized carbons (Fsp3) is 0.267. The Morgan fingerprint density at radius 1 is 0.842 bits per heavy atom. The number of phenols is 1. The molecule has 6 rings (SSSR count). The summed E-state index contributed by atoms with van der Waals surface area (Å²) in [4.78, 5) is 26.3. The fourth-order valence-electron chi connectivity index (χ4n) is 4.73. The predicted octanol–water partition coefficient (Wildman–Crippen LogP) is 6.05. The Balaban J connectivity index is 1.35. The summed E-state index contributed by atoms with van der Waals surface area (Å²) in [5.41, 5.74) is 4.55. The summed E-state index contributed by atoms with van der Waals surface area (Å²) in [6.45, 7) is 12.7. The van der Waals surface area contributed by atoms with Gasteiger partial charge in [-0.1, -0.05) is 47.6 Å². The van der Waals surface area contributed by atoms with Crippen LogP contribution in [0.15, 0.2) is 69.9 Å². The van der Waals surface area contributed by atoms with Crippen LogP contribution in [0.1, 0.15) is 63.0 Å². The van der Waals surface area contributed by atoms with Crippen molar-refractivity contribution in [2.45, 2.75) is 52.4 Å². The predicted molar refractivity (Wildman–Crippen MR) is 145 cm³/mol. The first kappa shape index (κ1) is 23.9. The van der Waals surface area contributed by atoms with Crippen molar-refractivity contribution in [1.82, 2.24) is 14.1 Å². The van der Waals surface area contributed by atoms with Crippen LogP contribution >= 0.6 is 0 Å². The first-order valence-corrected chi connectivity index (χ1v) is 12.5. The third kappa shape index (κ3) is 3.75. The summed E-state index contributed by atoms with van der Waals surface area (Å²) >= 11 is 0. The quantitative estimate of drug-likeness (QED) is 0.178. The fourth-order valence-corrected chi connectivity index (χ4v) is 4.73. The summed E-state index contributed by atoms with van der Waals surface area (Å²) in [5.74, 6) is 0.106. The highest BCUT2D eigenvalue weighted by molar-refractivity contribution is 5.96.